The molecule has 1 aliphatic heterocycles. The van der Waals surface area contributed by atoms with E-state index in [1.54, 1.807) is 0 Å². The van der Waals surface area contributed by atoms with E-state index in [0.29, 0.717) is 13.0 Å². The highest BCUT2D eigenvalue weighted by atomic mass is 32.2. The highest BCUT2D eigenvalue weighted by molar-refractivity contribution is 7.99. The van der Waals surface area contributed by atoms with Crippen molar-refractivity contribution in [3.8, 4) is 0 Å². The maximum atomic E-state index is 12.9. The highest BCUT2D eigenvalue weighted by Gasteiger charge is 2.49. The molecule has 106 valence electrons. The monoisotopic (exact) mass is 282 g/mol. The molecule has 0 amide bonds. The SMILES string of the molecule is NCC1(N2CCSCC2)CCCC(C(F)(F)F)C1. The van der Waals surface area contributed by atoms with E-state index in [1.165, 1.54) is 0 Å². The molecular formula is C12H21F3N2S. The number of hydrogen-bond donors (Lipinski definition) is 1. The van der Waals surface area contributed by atoms with Crippen LogP contribution in [0.3, 0.4) is 0 Å². The van der Waals surface area contributed by atoms with Crippen molar-refractivity contribution in [1.29, 1.82) is 0 Å². The molecule has 2 N–H and O–H groups in total. The first-order valence-electron chi connectivity index (χ1n) is 6.57. The molecule has 2 aliphatic rings. The van der Waals surface area contributed by atoms with Crippen LogP contribution in [0, 0.1) is 5.92 Å². The number of rotatable bonds is 2. The average Bonchev–Trinajstić information content (AvgIpc) is 2.39. The van der Waals surface area contributed by atoms with Crippen molar-refractivity contribution in [2.24, 2.45) is 11.7 Å². The molecule has 0 aromatic carbocycles. The molecule has 2 atom stereocenters. The summed E-state index contributed by atoms with van der Waals surface area (Å²) < 4.78 is 38.8. The molecule has 0 spiro atoms. The number of nitrogens with two attached hydrogens (primary N) is 1. The molecule has 1 aliphatic carbocycles. The van der Waals surface area contributed by atoms with Crippen molar-refractivity contribution in [1.82, 2.24) is 4.90 Å². The van der Waals surface area contributed by atoms with Gasteiger partial charge in [-0.05, 0) is 19.3 Å². The third kappa shape index (κ3) is 2.96. The Bertz CT molecular complexity index is 279. The Labute approximate surface area is 110 Å². The van der Waals surface area contributed by atoms with E-state index in [9.17, 15) is 13.2 Å². The molecule has 0 aromatic heterocycles. The van der Waals surface area contributed by atoms with Crippen LogP contribution in [0.15, 0.2) is 0 Å². The molecule has 2 fully saturated rings. The topological polar surface area (TPSA) is 29.3 Å². The second-order valence-electron chi connectivity index (χ2n) is 5.36. The number of alkyl halides is 3. The molecule has 1 heterocycles. The Morgan fingerprint density at radius 1 is 1.28 bits per heavy atom. The molecule has 18 heavy (non-hydrogen) atoms. The van der Waals surface area contributed by atoms with Gasteiger partial charge in [-0.2, -0.15) is 24.9 Å². The van der Waals surface area contributed by atoms with Crippen molar-refractivity contribution in [3.63, 3.8) is 0 Å². The first kappa shape index (κ1) is 14.5. The summed E-state index contributed by atoms with van der Waals surface area (Å²) in [5.41, 5.74) is 5.46. The summed E-state index contributed by atoms with van der Waals surface area (Å²) >= 11 is 1.87. The van der Waals surface area contributed by atoms with Crippen LogP contribution in [0.25, 0.3) is 0 Å². The molecule has 2 rings (SSSR count). The smallest absolute Gasteiger partial charge is 0.329 e. The lowest BCUT2D eigenvalue weighted by atomic mass is 9.74. The van der Waals surface area contributed by atoms with Crippen molar-refractivity contribution in [3.05, 3.63) is 0 Å². The molecule has 1 saturated heterocycles. The lowest BCUT2D eigenvalue weighted by Crippen LogP contribution is -2.59. The second-order valence-corrected chi connectivity index (χ2v) is 6.59. The van der Waals surface area contributed by atoms with Gasteiger partial charge in [-0.1, -0.05) is 6.42 Å². The van der Waals surface area contributed by atoms with Gasteiger partial charge in [-0.25, -0.2) is 0 Å². The van der Waals surface area contributed by atoms with E-state index in [4.69, 9.17) is 5.73 Å². The Morgan fingerprint density at radius 3 is 2.50 bits per heavy atom. The number of nitrogens with zero attached hydrogens (tertiary/aromatic N) is 1. The predicted octanol–water partition coefficient (Wildman–Crippen LogP) is 2.49. The van der Waals surface area contributed by atoms with Crippen LogP contribution in [0.5, 0.6) is 0 Å². The minimum Gasteiger partial charge on any atom is -0.329 e. The fourth-order valence-corrected chi connectivity index (χ4v) is 4.16. The van der Waals surface area contributed by atoms with Gasteiger partial charge in [0.2, 0.25) is 0 Å². The Morgan fingerprint density at radius 2 is 1.94 bits per heavy atom. The molecule has 2 nitrogen and oxygen atoms in total. The van der Waals surface area contributed by atoms with Crippen LogP contribution in [-0.2, 0) is 0 Å². The van der Waals surface area contributed by atoms with Gasteiger partial charge in [0.05, 0.1) is 5.92 Å². The van der Waals surface area contributed by atoms with Gasteiger partial charge in [-0.3, -0.25) is 4.90 Å². The zero-order valence-electron chi connectivity index (χ0n) is 10.5. The normalized spacial score (nSPS) is 35.7. The maximum absolute atomic E-state index is 12.9. The second kappa shape index (κ2) is 5.59. The van der Waals surface area contributed by atoms with Crippen LogP contribution >= 0.6 is 11.8 Å². The number of halogens is 3. The summed E-state index contributed by atoms with van der Waals surface area (Å²) in [6, 6.07) is 0. The largest absolute Gasteiger partial charge is 0.391 e. The zero-order chi connectivity index (χ0) is 13.2. The lowest BCUT2D eigenvalue weighted by molar-refractivity contribution is -0.193. The highest BCUT2D eigenvalue weighted by Crippen LogP contribution is 2.44. The van der Waals surface area contributed by atoms with E-state index < -0.39 is 17.6 Å². The van der Waals surface area contributed by atoms with Gasteiger partial charge < -0.3 is 5.73 Å². The van der Waals surface area contributed by atoms with Crippen molar-refractivity contribution >= 4 is 11.8 Å². The molecule has 0 bridgehead atoms. The summed E-state index contributed by atoms with van der Waals surface area (Å²) in [6.45, 7) is 2.11. The Kier molecular flexibility index (Phi) is 4.49. The van der Waals surface area contributed by atoms with E-state index in [-0.39, 0.29) is 12.8 Å². The molecule has 1 saturated carbocycles. The lowest BCUT2D eigenvalue weighted by Gasteiger charge is -2.49. The van der Waals surface area contributed by atoms with Gasteiger partial charge in [0, 0.05) is 36.7 Å². The summed E-state index contributed by atoms with van der Waals surface area (Å²) in [5, 5.41) is 0. The van der Waals surface area contributed by atoms with Gasteiger partial charge in [0.15, 0.2) is 0 Å². The van der Waals surface area contributed by atoms with Crippen LogP contribution < -0.4 is 5.73 Å². The standard InChI is InChI=1S/C12H21F3N2S/c13-12(14,15)10-2-1-3-11(8-10,9-16)17-4-6-18-7-5-17/h10H,1-9,16H2. The van der Waals surface area contributed by atoms with Crippen molar-refractivity contribution in [2.75, 3.05) is 31.1 Å². The molecule has 6 heteroatoms. The first-order valence-corrected chi connectivity index (χ1v) is 7.73. The number of hydrogen-bond acceptors (Lipinski definition) is 3. The predicted molar refractivity (Wildman–Crippen MR) is 68.7 cm³/mol. The summed E-state index contributed by atoms with van der Waals surface area (Å²) in [4.78, 5) is 2.22. The van der Waals surface area contributed by atoms with E-state index >= 15 is 0 Å². The van der Waals surface area contributed by atoms with E-state index in [1.807, 2.05) is 11.8 Å². The third-order valence-corrected chi connectivity index (χ3v) is 5.29. The van der Waals surface area contributed by atoms with Crippen LogP contribution in [-0.4, -0.2) is 47.8 Å². The molecule has 0 aromatic rings. The van der Waals surface area contributed by atoms with E-state index in [0.717, 1.165) is 31.0 Å². The minimum atomic E-state index is -4.06. The molecule has 0 radical (unpaired) electrons. The van der Waals surface area contributed by atoms with Gasteiger partial charge in [0.1, 0.15) is 0 Å². The molecule has 2 unspecified atom stereocenters. The van der Waals surface area contributed by atoms with Crippen LogP contribution in [0.1, 0.15) is 25.7 Å². The van der Waals surface area contributed by atoms with Gasteiger partial charge in [0.25, 0.3) is 0 Å². The Balaban J connectivity index is 2.10. The number of thioether (sulfide) groups is 1. The van der Waals surface area contributed by atoms with Crippen LogP contribution in [0.2, 0.25) is 0 Å². The van der Waals surface area contributed by atoms with Crippen LogP contribution in [0.4, 0.5) is 13.2 Å². The van der Waals surface area contributed by atoms with Crippen molar-refractivity contribution in [2.45, 2.75) is 37.4 Å². The average molecular weight is 282 g/mol. The first-order chi connectivity index (χ1) is 8.48. The van der Waals surface area contributed by atoms with Gasteiger partial charge >= 0.3 is 6.18 Å². The van der Waals surface area contributed by atoms with Crippen molar-refractivity contribution < 1.29 is 13.2 Å². The quantitative estimate of drug-likeness (QED) is 0.844. The minimum absolute atomic E-state index is 0.192. The zero-order valence-corrected chi connectivity index (χ0v) is 11.3. The third-order valence-electron chi connectivity index (χ3n) is 4.35. The summed E-state index contributed by atoms with van der Waals surface area (Å²) in [7, 11) is 0. The summed E-state index contributed by atoms with van der Waals surface area (Å²) in [5.74, 6) is 0.862. The van der Waals surface area contributed by atoms with E-state index in [2.05, 4.69) is 4.90 Å². The fourth-order valence-electron chi connectivity index (χ4n) is 3.26. The van der Waals surface area contributed by atoms with Gasteiger partial charge in [-0.15, -0.1) is 0 Å². The maximum Gasteiger partial charge on any atom is 0.391 e. The fraction of sp³-hybridized carbons (Fsp3) is 1.00. The Hall–Kier alpha value is 0.0600. The summed E-state index contributed by atoms with van der Waals surface area (Å²) in [6.07, 6.45) is -2.14. The molecular weight excluding hydrogens is 261 g/mol.